The Hall–Kier alpha value is -0.940. The molecule has 0 aromatic heterocycles. The van der Waals surface area contributed by atoms with Gasteiger partial charge in [0.1, 0.15) is 0 Å². The van der Waals surface area contributed by atoms with Gasteiger partial charge < -0.3 is 5.32 Å². The van der Waals surface area contributed by atoms with Crippen LogP contribution in [0.1, 0.15) is 33.6 Å². The Morgan fingerprint density at radius 2 is 1.81 bits per heavy atom. The molecule has 21 heavy (non-hydrogen) atoms. The van der Waals surface area contributed by atoms with Crippen molar-refractivity contribution in [1.29, 1.82) is 0 Å². The maximum Gasteiger partial charge on any atom is 0.235 e. The molecule has 2 saturated heterocycles. The lowest BCUT2D eigenvalue weighted by molar-refractivity contribution is -0.168. The predicted octanol–water partition coefficient (Wildman–Crippen LogP) is 0.703. The van der Waals surface area contributed by atoms with Crippen LogP contribution in [0.5, 0.6) is 0 Å². The zero-order valence-corrected chi connectivity index (χ0v) is 13.4. The number of piperidine rings is 1. The van der Waals surface area contributed by atoms with Gasteiger partial charge in [0.2, 0.25) is 11.8 Å². The first kappa shape index (κ1) is 15.0. The third-order valence-electron chi connectivity index (χ3n) is 6.36. The highest BCUT2D eigenvalue weighted by molar-refractivity contribution is 6.03. The van der Waals surface area contributed by atoms with Crippen molar-refractivity contribution in [3.05, 3.63) is 0 Å². The minimum absolute atomic E-state index is 0.0169. The van der Waals surface area contributed by atoms with Crippen LogP contribution in [-0.2, 0) is 9.59 Å². The molecular weight excluding hydrogens is 266 g/mol. The Morgan fingerprint density at radius 3 is 2.48 bits per heavy atom. The van der Waals surface area contributed by atoms with Gasteiger partial charge in [0.15, 0.2) is 0 Å². The highest BCUT2D eigenvalue weighted by atomic mass is 16.2. The molecule has 2 bridgehead atoms. The van der Waals surface area contributed by atoms with Crippen molar-refractivity contribution in [3.63, 3.8) is 0 Å². The normalized spacial score (nSPS) is 36.3. The van der Waals surface area contributed by atoms with E-state index in [1.807, 2.05) is 0 Å². The fourth-order valence-electron chi connectivity index (χ4n) is 4.29. The molecule has 0 radical (unpaired) electrons. The van der Waals surface area contributed by atoms with Gasteiger partial charge in [-0.2, -0.15) is 0 Å². The molecule has 0 aromatic carbocycles. The molecule has 2 heterocycles. The fraction of sp³-hybridized carbons (Fsp3) is 0.875. The number of rotatable bonds is 3. The third-order valence-corrected chi connectivity index (χ3v) is 6.36. The highest BCUT2D eigenvalue weighted by Crippen LogP contribution is 2.59. The van der Waals surface area contributed by atoms with Crippen LogP contribution < -0.4 is 5.32 Å². The van der Waals surface area contributed by atoms with E-state index < -0.39 is 0 Å². The number of hydrogen-bond acceptors (Lipinski definition) is 4. The van der Waals surface area contributed by atoms with Gasteiger partial charge in [-0.1, -0.05) is 20.8 Å². The van der Waals surface area contributed by atoms with E-state index in [0.717, 1.165) is 45.6 Å². The van der Waals surface area contributed by atoms with Crippen molar-refractivity contribution in [2.45, 2.75) is 33.6 Å². The first-order chi connectivity index (χ1) is 9.88. The molecule has 2 amide bonds. The van der Waals surface area contributed by atoms with Crippen LogP contribution in [-0.4, -0.2) is 60.9 Å². The summed E-state index contributed by atoms with van der Waals surface area (Å²) in [5.41, 5.74) is -0.568. The summed E-state index contributed by atoms with van der Waals surface area (Å²) in [7, 11) is 0. The average molecular weight is 293 g/mol. The minimum atomic E-state index is -0.366. The number of hydrogen-bond donors (Lipinski definition) is 1. The summed E-state index contributed by atoms with van der Waals surface area (Å²) in [5.74, 6) is 0.139. The molecule has 0 spiro atoms. The molecule has 1 saturated carbocycles. The Kier molecular flexibility index (Phi) is 3.61. The zero-order chi connectivity index (χ0) is 15.3. The monoisotopic (exact) mass is 293 g/mol. The Bertz CT molecular complexity index is 456. The van der Waals surface area contributed by atoms with Gasteiger partial charge in [-0.05, 0) is 18.3 Å². The van der Waals surface area contributed by atoms with E-state index in [1.165, 1.54) is 0 Å². The van der Waals surface area contributed by atoms with Crippen LogP contribution in [0.2, 0.25) is 0 Å². The van der Waals surface area contributed by atoms with Gasteiger partial charge in [-0.3, -0.25) is 19.4 Å². The summed E-state index contributed by atoms with van der Waals surface area (Å²) in [4.78, 5) is 29.5. The van der Waals surface area contributed by atoms with E-state index in [9.17, 15) is 9.59 Å². The Morgan fingerprint density at radius 1 is 1.14 bits per heavy atom. The Balaban J connectivity index is 1.72. The summed E-state index contributed by atoms with van der Waals surface area (Å²) < 4.78 is 0. The molecule has 3 aliphatic rings. The maximum atomic E-state index is 12.9. The number of nitrogens with one attached hydrogen (secondary N) is 1. The fourth-order valence-corrected chi connectivity index (χ4v) is 4.29. The van der Waals surface area contributed by atoms with E-state index in [-0.39, 0.29) is 28.6 Å². The molecule has 5 heteroatoms. The topological polar surface area (TPSA) is 52.7 Å². The van der Waals surface area contributed by atoms with Crippen LogP contribution in [0.15, 0.2) is 0 Å². The van der Waals surface area contributed by atoms with Crippen LogP contribution >= 0.6 is 0 Å². The average Bonchev–Trinajstić information content (AvgIpc) is 2.65. The second-order valence-corrected chi connectivity index (χ2v) is 7.53. The first-order valence-electron chi connectivity index (χ1n) is 8.17. The number of likely N-dealkylation sites (tertiary alicyclic amines) is 1. The van der Waals surface area contributed by atoms with Crippen LogP contribution in [0.3, 0.4) is 0 Å². The van der Waals surface area contributed by atoms with Gasteiger partial charge in [0.25, 0.3) is 0 Å². The zero-order valence-electron chi connectivity index (χ0n) is 13.4. The van der Waals surface area contributed by atoms with Gasteiger partial charge >= 0.3 is 0 Å². The lowest BCUT2D eigenvalue weighted by Crippen LogP contribution is -2.60. The van der Waals surface area contributed by atoms with Crippen molar-refractivity contribution < 1.29 is 9.59 Å². The van der Waals surface area contributed by atoms with Crippen molar-refractivity contribution in [2.24, 2.45) is 16.7 Å². The Labute approximate surface area is 127 Å². The molecule has 118 valence electrons. The molecule has 2 atom stereocenters. The van der Waals surface area contributed by atoms with Gasteiger partial charge in [-0.25, -0.2) is 0 Å². The summed E-state index contributed by atoms with van der Waals surface area (Å²) in [6, 6.07) is 0. The van der Waals surface area contributed by atoms with Crippen LogP contribution in [0, 0.1) is 16.7 Å². The van der Waals surface area contributed by atoms with E-state index in [2.05, 4.69) is 31.0 Å². The number of imide groups is 1. The largest absolute Gasteiger partial charge is 0.314 e. The number of carbonyl (C=O) groups is 2. The molecule has 1 aliphatic carbocycles. The second kappa shape index (κ2) is 5.06. The van der Waals surface area contributed by atoms with Gasteiger partial charge in [-0.15, -0.1) is 0 Å². The molecule has 1 N–H and O–H groups in total. The number of fused-ring (bicyclic) bond motifs is 2. The number of piperazine rings is 1. The summed E-state index contributed by atoms with van der Waals surface area (Å²) in [6.45, 7) is 11.6. The second-order valence-electron chi connectivity index (χ2n) is 7.53. The lowest BCUT2D eigenvalue weighted by Gasteiger charge is -2.48. The van der Waals surface area contributed by atoms with E-state index >= 15 is 0 Å². The molecule has 2 aliphatic heterocycles. The lowest BCUT2D eigenvalue weighted by atomic mass is 9.62. The predicted molar refractivity (Wildman–Crippen MR) is 80.6 cm³/mol. The molecular formula is C16H27N3O2. The summed E-state index contributed by atoms with van der Waals surface area (Å²) in [6.07, 6.45) is 1.71. The molecule has 5 nitrogen and oxygen atoms in total. The number of amides is 2. The minimum Gasteiger partial charge on any atom is -0.314 e. The third kappa shape index (κ3) is 2.13. The molecule has 0 aromatic rings. The van der Waals surface area contributed by atoms with Crippen molar-refractivity contribution in [3.8, 4) is 0 Å². The van der Waals surface area contributed by atoms with Crippen molar-refractivity contribution >= 4 is 11.8 Å². The number of carbonyl (C=O) groups excluding carboxylic acids is 2. The first-order valence-corrected chi connectivity index (χ1v) is 8.17. The quantitative estimate of drug-likeness (QED) is 0.779. The molecule has 0 unspecified atom stereocenters. The standard InChI is InChI=1S/C16H27N3O2/c1-15(2)12-4-5-16(15,3)14(21)19(13(12)20)11-10-18-8-6-17-7-9-18/h12,17H,4-11H2,1-3H3/t12-,16+/m1/s1. The molecule has 3 rings (SSSR count). The van der Waals surface area contributed by atoms with Crippen LogP contribution in [0.4, 0.5) is 0 Å². The van der Waals surface area contributed by atoms with Crippen molar-refractivity contribution in [2.75, 3.05) is 39.3 Å². The summed E-state index contributed by atoms with van der Waals surface area (Å²) in [5, 5.41) is 3.32. The maximum absolute atomic E-state index is 12.9. The van der Waals surface area contributed by atoms with Crippen LogP contribution in [0.25, 0.3) is 0 Å². The van der Waals surface area contributed by atoms with Gasteiger partial charge in [0.05, 0.1) is 5.41 Å². The van der Waals surface area contributed by atoms with E-state index in [1.54, 1.807) is 4.90 Å². The van der Waals surface area contributed by atoms with E-state index in [0.29, 0.717) is 6.54 Å². The van der Waals surface area contributed by atoms with Crippen molar-refractivity contribution in [1.82, 2.24) is 15.1 Å². The van der Waals surface area contributed by atoms with Gasteiger partial charge in [0, 0.05) is 45.2 Å². The molecule has 3 fully saturated rings. The SMILES string of the molecule is CC1(C)[C@@H]2CC[C@@]1(C)C(=O)N(CCN1CCNCC1)C2=O. The highest BCUT2D eigenvalue weighted by Gasteiger charge is 2.64. The smallest absolute Gasteiger partial charge is 0.235 e. The summed E-state index contributed by atoms with van der Waals surface area (Å²) >= 11 is 0. The number of nitrogens with zero attached hydrogens (tertiary/aromatic N) is 2. The van der Waals surface area contributed by atoms with E-state index in [4.69, 9.17) is 0 Å².